The smallest absolute Gasteiger partial charge is 0.0709 e. The van der Waals surface area contributed by atoms with Crippen LogP contribution in [0.1, 0.15) is 13.3 Å². The molecule has 1 rings (SSSR count). The Balaban J connectivity index is 2.59. The van der Waals surface area contributed by atoms with E-state index < -0.39 is 0 Å². The van der Waals surface area contributed by atoms with Crippen molar-refractivity contribution in [2.24, 2.45) is 0 Å². The topological polar surface area (TPSA) is 0 Å². The minimum Gasteiger partial charge on any atom is -0.121 e. The van der Waals surface area contributed by atoms with Gasteiger partial charge in [0, 0.05) is 0 Å². The first-order valence-electron chi connectivity index (χ1n) is 2.66. The lowest BCUT2D eigenvalue weighted by molar-refractivity contribution is 0.924. The normalized spacial score (nSPS) is 37.6. The van der Waals surface area contributed by atoms with E-state index in [1.165, 1.54) is 5.57 Å². The van der Waals surface area contributed by atoms with E-state index in [-0.39, 0.29) is 10.8 Å². The lowest BCUT2D eigenvalue weighted by atomic mass is 10.2. The Labute approximate surface area is 59.5 Å². The van der Waals surface area contributed by atoms with E-state index in [0.717, 1.165) is 6.42 Å². The maximum Gasteiger partial charge on any atom is 0.0709 e. The summed E-state index contributed by atoms with van der Waals surface area (Å²) >= 11 is 11.6. The predicted molar refractivity (Wildman–Crippen MR) is 37.7 cm³/mol. The molecule has 46 valence electrons. The fourth-order valence-corrected chi connectivity index (χ4v) is 1.30. The molecule has 0 saturated heterocycles. The highest BCUT2D eigenvalue weighted by Crippen LogP contribution is 2.27. The van der Waals surface area contributed by atoms with Crippen LogP contribution in [0.25, 0.3) is 0 Å². The van der Waals surface area contributed by atoms with Gasteiger partial charge in [0.2, 0.25) is 0 Å². The highest BCUT2D eigenvalue weighted by molar-refractivity contribution is 6.31. The Hall–Kier alpha value is 0.320. The first-order chi connectivity index (χ1) is 3.72. The molecule has 0 saturated carbocycles. The first-order valence-corrected chi connectivity index (χ1v) is 3.54. The molecule has 0 aromatic carbocycles. The van der Waals surface area contributed by atoms with Crippen LogP contribution < -0.4 is 0 Å². The Bertz CT molecular complexity index is 118. The van der Waals surface area contributed by atoms with Gasteiger partial charge >= 0.3 is 0 Å². The number of allylic oxidation sites excluding steroid dienone is 2. The van der Waals surface area contributed by atoms with E-state index in [2.05, 4.69) is 6.08 Å². The quantitative estimate of drug-likeness (QED) is 0.368. The molecule has 2 heteroatoms. The third-order valence-corrected chi connectivity index (χ3v) is 2.63. The van der Waals surface area contributed by atoms with Gasteiger partial charge in [-0.3, -0.25) is 0 Å². The maximum atomic E-state index is 5.81. The minimum atomic E-state index is 0.0802. The van der Waals surface area contributed by atoms with E-state index in [0.29, 0.717) is 0 Å². The number of hydrogen-bond donors (Lipinski definition) is 0. The van der Waals surface area contributed by atoms with Gasteiger partial charge in [-0.1, -0.05) is 11.6 Å². The molecule has 0 radical (unpaired) electrons. The summed E-state index contributed by atoms with van der Waals surface area (Å²) in [6.45, 7) is 2.01. The van der Waals surface area contributed by atoms with E-state index in [1.807, 2.05) is 6.92 Å². The van der Waals surface area contributed by atoms with Crippen molar-refractivity contribution in [3.05, 3.63) is 11.6 Å². The monoisotopic (exact) mass is 150 g/mol. The Kier molecular flexibility index (Phi) is 1.84. The molecule has 0 aliphatic heterocycles. The fraction of sp³-hybridized carbons (Fsp3) is 0.667. The lowest BCUT2D eigenvalue weighted by Crippen LogP contribution is -2.07. The zero-order valence-corrected chi connectivity index (χ0v) is 6.21. The van der Waals surface area contributed by atoms with Crippen LogP contribution in [0.5, 0.6) is 0 Å². The largest absolute Gasteiger partial charge is 0.121 e. The number of halogens is 2. The third kappa shape index (κ3) is 1.01. The standard InChI is InChI=1S/C6H8Cl2/c1-4-2-3-5(7)6(4)8/h2,5-6H,3H2,1H3. The van der Waals surface area contributed by atoms with Gasteiger partial charge in [-0.05, 0) is 13.3 Å². The lowest BCUT2D eigenvalue weighted by Gasteiger charge is -2.04. The van der Waals surface area contributed by atoms with Gasteiger partial charge in [0.25, 0.3) is 0 Å². The molecule has 2 unspecified atom stereocenters. The SMILES string of the molecule is CC1=CCC(Cl)C1Cl. The molecule has 1 aliphatic carbocycles. The average molecular weight is 151 g/mol. The van der Waals surface area contributed by atoms with Gasteiger partial charge in [0.05, 0.1) is 10.8 Å². The van der Waals surface area contributed by atoms with Gasteiger partial charge in [0.15, 0.2) is 0 Å². The van der Waals surface area contributed by atoms with E-state index in [9.17, 15) is 0 Å². The van der Waals surface area contributed by atoms with E-state index in [4.69, 9.17) is 23.2 Å². The molecule has 0 heterocycles. The highest BCUT2D eigenvalue weighted by atomic mass is 35.5. The summed E-state index contributed by atoms with van der Waals surface area (Å²) in [5, 5.41) is 0.216. The van der Waals surface area contributed by atoms with Crippen LogP contribution in [0.3, 0.4) is 0 Å². The Morgan fingerprint density at radius 2 is 2.25 bits per heavy atom. The molecule has 0 bridgehead atoms. The van der Waals surface area contributed by atoms with Crippen LogP contribution in [0, 0.1) is 0 Å². The van der Waals surface area contributed by atoms with Crippen LogP contribution in [0.2, 0.25) is 0 Å². The second kappa shape index (κ2) is 2.28. The van der Waals surface area contributed by atoms with Gasteiger partial charge in [-0.25, -0.2) is 0 Å². The van der Waals surface area contributed by atoms with Crippen molar-refractivity contribution in [2.75, 3.05) is 0 Å². The third-order valence-electron chi connectivity index (χ3n) is 1.42. The molecule has 2 atom stereocenters. The Morgan fingerprint density at radius 3 is 2.38 bits per heavy atom. The maximum absolute atomic E-state index is 5.81. The molecule has 0 amide bonds. The van der Waals surface area contributed by atoms with Crippen molar-refractivity contribution in [1.82, 2.24) is 0 Å². The van der Waals surface area contributed by atoms with Crippen molar-refractivity contribution >= 4 is 23.2 Å². The summed E-state index contributed by atoms with van der Waals surface area (Å²) in [6.07, 6.45) is 3.02. The molecule has 0 nitrogen and oxygen atoms in total. The summed E-state index contributed by atoms with van der Waals surface area (Å²) < 4.78 is 0. The average Bonchev–Trinajstić information content (AvgIpc) is 1.98. The van der Waals surface area contributed by atoms with Crippen LogP contribution in [-0.4, -0.2) is 10.8 Å². The molecule has 8 heavy (non-hydrogen) atoms. The molecule has 0 aromatic heterocycles. The zero-order valence-electron chi connectivity index (χ0n) is 4.70. The Morgan fingerprint density at radius 1 is 1.62 bits per heavy atom. The zero-order chi connectivity index (χ0) is 6.15. The highest BCUT2D eigenvalue weighted by Gasteiger charge is 2.22. The van der Waals surface area contributed by atoms with Crippen LogP contribution in [0.15, 0.2) is 11.6 Å². The molecule has 0 aromatic rings. The van der Waals surface area contributed by atoms with Crippen LogP contribution >= 0.6 is 23.2 Å². The van der Waals surface area contributed by atoms with Gasteiger partial charge in [-0.2, -0.15) is 0 Å². The van der Waals surface area contributed by atoms with Gasteiger partial charge < -0.3 is 0 Å². The summed E-state index contributed by atoms with van der Waals surface area (Å²) in [6, 6.07) is 0. The molecular formula is C6H8Cl2. The van der Waals surface area contributed by atoms with Crippen molar-refractivity contribution in [3.8, 4) is 0 Å². The van der Waals surface area contributed by atoms with Crippen molar-refractivity contribution < 1.29 is 0 Å². The second-order valence-electron chi connectivity index (χ2n) is 2.10. The molecule has 0 spiro atoms. The molecular weight excluding hydrogens is 143 g/mol. The predicted octanol–water partition coefficient (Wildman–Crippen LogP) is 2.55. The second-order valence-corrected chi connectivity index (χ2v) is 3.13. The molecule has 0 N–H and O–H groups in total. The number of hydrogen-bond acceptors (Lipinski definition) is 0. The van der Waals surface area contributed by atoms with Crippen molar-refractivity contribution in [3.63, 3.8) is 0 Å². The van der Waals surface area contributed by atoms with E-state index in [1.54, 1.807) is 0 Å². The van der Waals surface area contributed by atoms with Gasteiger partial charge in [0.1, 0.15) is 0 Å². The molecule has 1 aliphatic rings. The summed E-state index contributed by atoms with van der Waals surface area (Å²) in [5.41, 5.74) is 1.21. The van der Waals surface area contributed by atoms with Crippen molar-refractivity contribution in [1.29, 1.82) is 0 Å². The fourth-order valence-electron chi connectivity index (χ4n) is 0.816. The van der Waals surface area contributed by atoms with Crippen LogP contribution in [0.4, 0.5) is 0 Å². The first kappa shape index (κ1) is 6.44. The van der Waals surface area contributed by atoms with Gasteiger partial charge in [-0.15, -0.1) is 23.2 Å². The number of alkyl halides is 2. The van der Waals surface area contributed by atoms with Crippen molar-refractivity contribution in [2.45, 2.75) is 24.1 Å². The van der Waals surface area contributed by atoms with E-state index >= 15 is 0 Å². The number of rotatable bonds is 0. The summed E-state index contributed by atoms with van der Waals surface area (Å²) in [7, 11) is 0. The summed E-state index contributed by atoms with van der Waals surface area (Å²) in [5.74, 6) is 0. The van der Waals surface area contributed by atoms with Crippen LogP contribution in [-0.2, 0) is 0 Å². The minimum absolute atomic E-state index is 0.0802. The molecule has 0 fully saturated rings. The summed E-state index contributed by atoms with van der Waals surface area (Å²) in [4.78, 5) is 0.